The molecule has 86 valence electrons. The summed E-state index contributed by atoms with van der Waals surface area (Å²) in [5, 5.41) is 3.19. The first-order chi connectivity index (χ1) is 8.33. The van der Waals surface area contributed by atoms with Crippen LogP contribution in [0.2, 0.25) is 0 Å². The molecule has 1 unspecified atom stereocenters. The summed E-state index contributed by atoms with van der Waals surface area (Å²) < 4.78 is 5.03. The normalized spacial score (nSPS) is 12.8. The number of furan rings is 1. The number of hydrogen-bond acceptors (Lipinski definition) is 5. The van der Waals surface area contributed by atoms with Crippen LogP contribution in [0.1, 0.15) is 18.5 Å². The predicted octanol–water partition coefficient (Wildman–Crippen LogP) is 2.12. The minimum absolute atomic E-state index is 0.0881. The second-order valence-corrected chi connectivity index (χ2v) is 3.76. The van der Waals surface area contributed by atoms with Crippen LogP contribution < -0.4 is 5.32 Å². The van der Waals surface area contributed by atoms with Crippen LogP contribution in [0, 0.1) is 0 Å². The van der Waals surface area contributed by atoms with Crippen molar-refractivity contribution in [1.29, 1.82) is 0 Å². The van der Waals surface area contributed by atoms with Gasteiger partial charge in [0.25, 0.3) is 0 Å². The van der Waals surface area contributed by atoms with Gasteiger partial charge in [0.2, 0.25) is 5.95 Å². The van der Waals surface area contributed by atoms with E-state index in [1.807, 2.05) is 13.0 Å². The number of fused-ring (bicyclic) bond motifs is 1. The van der Waals surface area contributed by atoms with Gasteiger partial charge in [-0.2, -0.15) is 4.98 Å². The Morgan fingerprint density at radius 2 is 2.35 bits per heavy atom. The van der Waals surface area contributed by atoms with Gasteiger partial charge in [-0.25, -0.2) is 9.97 Å². The molecular weight excluding hydrogens is 218 g/mol. The molecule has 3 heterocycles. The van der Waals surface area contributed by atoms with Gasteiger partial charge in [-0.15, -0.1) is 0 Å². The third kappa shape index (κ3) is 1.84. The molecule has 6 nitrogen and oxygen atoms in total. The molecule has 3 aromatic heterocycles. The Labute approximate surface area is 97.1 Å². The van der Waals surface area contributed by atoms with Gasteiger partial charge in [-0.3, -0.25) is 0 Å². The topological polar surface area (TPSA) is 79.6 Å². The molecule has 0 aliphatic heterocycles. The lowest BCUT2D eigenvalue weighted by Crippen LogP contribution is -2.08. The first kappa shape index (κ1) is 9.83. The molecule has 3 aromatic rings. The summed E-state index contributed by atoms with van der Waals surface area (Å²) in [6.45, 7) is 2.02. The Bertz CT molecular complexity index is 616. The minimum Gasteiger partial charge on any atom is -0.472 e. The van der Waals surface area contributed by atoms with Crippen molar-refractivity contribution < 1.29 is 4.42 Å². The highest BCUT2D eigenvalue weighted by Gasteiger charge is 2.09. The lowest BCUT2D eigenvalue weighted by Gasteiger charge is -2.10. The summed E-state index contributed by atoms with van der Waals surface area (Å²) >= 11 is 0. The quantitative estimate of drug-likeness (QED) is 0.719. The molecule has 0 saturated heterocycles. The molecule has 0 radical (unpaired) electrons. The van der Waals surface area contributed by atoms with Crippen molar-refractivity contribution in [2.45, 2.75) is 13.0 Å². The van der Waals surface area contributed by atoms with Gasteiger partial charge >= 0.3 is 0 Å². The van der Waals surface area contributed by atoms with Crippen LogP contribution >= 0.6 is 0 Å². The highest BCUT2D eigenvalue weighted by atomic mass is 16.3. The Morgan fingerprint density at radius 1 is 1.41 bits per heavy atom. The third-order valence-electron chi connectivity index (χ3n) is 2.56. The van der Waals surface area contributed by atoms with Gasteiger partial charge in [-0.05, 0) is 13.0 Å². The maximum atomic E-state index is 5.03. The van der Waals surface area contributed by atoms with E-state index in [2.05, 4.69) is 25.3 Å². The maximum Gasteiger partial charge on any atom is 0.225 e. The van der Waals surface area contributed by atoms with Crippen molar-refractivity contribution in [1.82, 2.24) is 19.9 Å². The summed E-state index contributed by atoms with van der Waals surface area (Å²) in [5.41, 5.74) is 2.53. The molecule has 0 amide bonds. The molecular formula is C11H11N5O. The molecule has 6 heteroatoms. The standard InChI is InChI=1S/C11H11N5O/c1-7(8-2-3-17-5-8)15-11-12-4-9-10(16-11)14-6-13-9/h2-7H,1H3,(H2,12,13,14,15,16). The Morgan fingerprint density at radius 3 is 3.18 bits per heavy atom. The lowest BCUT2D eigenvalue weighted by molar-refractivity contribution is 0.562. The van der Waals surface area contributed by atoms with Crippen LogP contribution in [0.4, 0.5) is 5.95 Å². The Kier molecular flexibility index (Phi) is 2.25. The van der Waals surface area contributed by atoms with Crippen molar-refractivity contribution in [3.8, 4) is 0 Å². The summed E-state index contributed by atoms with van der Waals surface area (Å²) in [7, 11) is 0. The summed E-state index contributed by atoms with van der Waals surface area (Å²) in [6.07, 6.45) is 6.65. The van der Waals surface area contributed by atoms with E-state index in [0.29, 0.717) is 11.6 Å². The van der Waals surface area contributed by atoms with E-state index < -0.39 is 0 Å². The Hall–Kier alpha value is -2.37. The van der Waals surface area contributed by atoms with Crippen LogP contribution in [0.25, 0.3) is 11.2 Å². The van der Waals surface area contributed by atoms with E-state index >= 15 is 0 Å². The lowest BCUT2D eigenvalue weighted by atomic mass is 10.2. The zero-order chi connectivity index (χ0) is 11.7. The number of nitrogens with one attached hydrogen (secondary N) is 2. The number of imidazole rings is 1. The van der Waals surface area contributed by atoms with Crippen LogP contribution in [0.5, 0.6) is 0 Å². The number of anilines is 1. The summed E-state index contributed by atoms with van der Waals surface area (Å²) in [4.78, 5) is 15.5. The van der Waals surface area contributed by atoms with Gasteiger partial charge in [0.1, 0.15) is 5.52 Å². The van der Waals surface area contributed by atoms with Crippen molar-refractivity contribution >= 4 is 17.1 Å². The fourth-order valence-corrected chi connectivity index (χ4v) is 1.60. The first-order valence-electron chi connectivity index (χ1n) is 5.27. The third-order valence-corrected chi connectivity index (χ3v) is 2.56. The molecule has 3 rings (SSSR count). The molecule has 2 N–H and O–H groups in total. The highest BCUT2D eigenvalue weighted by molar-refractivity contribution is 5.69. The van der Waals surface area contributed by atoms with Crippen LogP contribution in [-0.2, 0) is 0 Å². The fourth-order valence-electron chi connectivity index (χ4n) is 1.60. The highest BCUT2D eigenvalue weighted by Crippen LogP contribution is 2.17. The van der Waals surface area contributed by atoms with Gasteiger partial charge in [0.05, 0.1) is 31.1 Å². The van der Waals surface area contributed by atoms with Crippen LogP contribution in [-0.4, -0.2) is 19.9 Å². The van der Waals surface area contributed by atoms with Crippen LogP contribution in [0.3, 0.4) is 0 Å². The number of rotatable bonds is 3. The second-order valence-electron chi connectivity index (χ2n) is 3.76. The van der Waals surface area contributed by atoms with E-state index in [1.165, 1.54) is 0 Å². The Balaban J connectivity index is 1.84. The van der Waals surface area contributed by atoms with Crippen molar-refractivity contribution in [3.63, 3.8) is 0 Å². The molecule has 0 aliphatic rings. The number of aromatic nitrogens is 4. The molecule has 0 aromatic carbocycles. The first-order valence-corrected chi connectivity index (χ1v) is 5.27. The molecule has 0 spiro atoms. The molecule has 0 saturated carbocycles. The van der Waals surface area contributed by atoms with Gasteiger partial charge in [0.15, 0.2) is 5.65 Å². The molecule has 0 fully saturated rings. The predicted molar refractivity (Wildman–Crippen MR) is 62.4 cm³/mol. The van der Waals surface area contributed by atoms with Crippen molar-refractivity contribution in [2.24, 2.45) is 0 Å². The smallest absolute Gasteiger partial charge is 0.225 e. The van der Waals surface area contributed by atoms with E-state index in [1.54, 1.807) is 25.1 Å². The van der Waals surface area contributed by atoms with Crippen molar-refractivity contribution in [2.75, 3.05) is 5.32 Å². The number of H-pyrrole nitrogens is 1. The van der Waals surface area contributed by atoms with Gasteiger partial charge in [0, 0.05) is 5.56 Å². The average Bonchev–Trinajstić information content (AvgIpc) is 2.99. The summed E-state index contributed by atoms with van der Waals surface area (Å²) in [6, 6.07) is 2.00. The van der Waals surface area contributed by atoms with Crippen LogP contribution in [0.15, 0.2) is 35.5 Å². The number of nitrogens with zero attached hydrogens (tertiary/aromatic N) is 3. The molecule has 0 bridgehead atoms. The molecule has 17 heavy (non-hydrogen) atoms. The van der Waals surface area contributed by atoms with Gasteiger partial charge in [-0.1, -0.05) is 0 Å². The fraction of sp³-hybridized carbons (Fsp3) is 0.182. The average molecular weight is 229 g/mol. The SMILES string of the molecule is CC(Nc1ncc2[nH]cnc2n1)c1ccoc1. The molecule has 0 aliphatic carbocycles. The summed E-state index contributed by atoms with van der Waals surface area (Å²) in [5.74, 6) is 0.554. The monoisotopic (exact) mass is 229 g/mol. The zero-order valence-corrected chi connectivity index (χ0v) is 9.21. The number of aromatic amines is 1. The van der Waals surface area contributed by atoms with E-state index in [9.17, 15) is 0 Å². The van der Waals surface area contributed by atoms with E-state index in [0.717, 1.165) is 11.1 Å². The zero-order valence-electron chi connectivity index (χ0n) is 9.21. The van der Waals surface area contributed by atoms with Crippen molar-refractivity contribution in [3.05, 3.63) is 36.7 Å². The maximum absolute atomic E-state index is 5.03. The minimum atomic E-state index is 0.0881. The van der Waals surface area contributed by atoms with E-state index in [-0.39, 0.29) is 6.04 Å². The second kappa shape index (κ2) is 3.89. The van der Waals surface area contributed by atoms with Gasteiger partial charge < -0.3 is 14.7 Å². The van der Waals surface area contributed by atoms with E-state index in [4.69, 9.17) is 4.42 Å². The number of hydrogen-bond donors (Lipinski definition) is 2. The largest absolute Gasteiger partial charge is 0.472 e. The molecule has 1 atom stereocenters.